The standard InChI is InChI=1S/C12H16O/c1-6-11(7-2)12(8-3,9-4)10(5)13/h6-9,11H,1-4H2,5H3. The van der Waals surface area contributed by atoms with Gasteiger partial charge >= 0.3 is 0 Å². The summed E-state index contributed by atoms with van der Waals surface area (Å²) in [5.74, 6) is -0.137. The van der Waals surface area contributed by atoms with E-state index in [0.717, 1.165) is 0 Å². The molecular weight excluding hydrogens is 160 g/mol. The lowest BCUT2D eigenvalue weighted by Crippen LogP contribution is -2.31. The van der Waals surface area contributed by atoms with Crippen LogP contribution in [0.4, 0.5) is 0 Å². The predicted octanol–water partition coefficient (Wildman–Crippen LogP) is 2.92. The third-order valence-electron chi connectivity index (χ3n) is 2.34. The van der Waals surface area contributed by atoms with E-state index in [0.29, 0.717) is 0 Å². The highest BCUT2D eigenvalue weighted by Crippen LogP contribution is 2.33. The van der Waals surface area contributed by atoms with Crippen LogP contribution < -0.4 is 0 Å². The van der Waals surface area contributed by atoms with Crippen LogP contribution in [0.15, 0.2) is 50.6 Å². The number of hydrogen-bond donors (Lipinski definition) is 0. The monoisotopic (exact) mass is 176 g/mol. The van der Waals surface area contributed by atoms with Crippen LogP contribution in [0.3, 0.4) is 0 Å². The van der Waals surface area contributed by atoms with E-state index >= 15 is 0 Å². The van der Waals surface area contributed by atoms with Gasteiger partial charge in [-0.2, -0.15) is 0 Å². The SMILES string of the molecule is C=CC(C=C)C(C=C)(C=C)C(C)=O. The summed E-state index contributed by atoms with van der Waals surface area (Å²) in [6, 6.07) is 0. The Morgan fingerprint density at radius 3 is 1.62 bits per heavy atom. The van der Waals surface area contributed by atoms with Crippen LogP contribution in [0.1, 0.15) is 6.92 Å². The number of carbonyl (C=O) groups is 1. The highest BCUT2D eigenvalue weighted by Gasteiger charge is 2.34. The van der Waals surface area contributed by atoms with E-state index in [1.54, 1.807) is 24.3 Å². The maximum absolute atomic E-state index is 11.4. The number of hydrogen-bond acceptors (Lipinski definition) is 1. The Hall–Kier alpha value is -1.37. The molecule has 0 fully saturated rings. The molecule has 0 aliphatic rings. The molecule has 0 aromatic rings. The third kappa shape index (κ3) is 1.86. The van der Waals surface area contributed by atoms with Crippen molar-refractivity contribution in [2.24, 2.45) is 11.3 Å². The first kappa shape index (κ1) is 11.6. The van der Waals surface area contributed by atoms with Crippen molar-refractivity contribution in [3.05, 3.63) is 50.6 Å². The summed E-state index contributed by atoms with van der Waals surface area (Å²) in [5, 5.41) is 0. The molecule has 0 amide bonds. The summed E-state index contributed by atoms with van der Waals surface area (Å²) < 4.78 is 0. The van der Waals surface area contributed by atoms with Gasteiger partial charge in [-0.25, -0.2) is 0 Å². The first-order valence-electron chi connectivity index (χ1n) is 4.12. The fraction of sp³-hybridized carbons (Fsp3) is 0.250. The van der Waals surface area contributed by atoms with E-state index < -0.39 is 5.41 Å². The molecule has 70 valence electrons. The molecule has 0 heterocycles. The number of rotatable bonds is 6. The second-order valence-electron chi connectivity index (χ2n) is 2.89. The van der Waals surface area contributed by atoms with Crippen molar-refractivity contribution in [2.75, 3.05) is 0 Å². The van der Waals surface area contributed by atoms with E-state index in [4.69, 9.17) is 0 Å². The van der Waals surface area contributed by atoms with Crippen LogP contribution in [0, 0.1) is 11.3 Å². The second kappa shape index (κ2) is 4.61. The first-order chi connectivity index (χ1) is 6.08. The minimum Gasteiger partial charge on any atom is -0.299 e. The highest BCUT2D eigenvalue weighted by atomic mass is 16.1. The molecule has 0 spiro atoms. The van der Waals surface area contributed by atoms with Crippen LogP contribution in [-0.4, -0.2) is 5.78 Å². The molecule has 0 aromatic heterocycles. The van der Waals surface area contributed by atoms with Gasteiger partial charge < -0.3 is 0 Å². The number of allylic oxidation sites excluding steroid dienone is 4. The molecule has 1 nitrogen and oxygen atoms in total. The Balaban J connectivity index is 5.29. The second-order valence-corrected chi connectivity index (χ2v) is 2.89. The number of carbonyl (C=O) groups excluding carboxylic acids is 1. The lowest BCUT2D eigenvalue weighted by atomic mass is 9.72. The molecule has 0 rings (SSSR count). The summed E-state index contributed by atoms with van der Waals surface area (Å²) >= 11 is 0. The summed E-state index contributed by atoms with van der Waals surface area (Å²) in [4.78, 5) is 11.4. The van der Waals surface area contributed by atoms with Crippen molar-refractivity contribution in [3.63, 3.8) is 0 Å². The van der Waals surface area contributed by atoms with Crippen molar-refractivity contribution in [1.82, 2.24) is 0 Å². The van der Waals surface area contributed by atoms with Gasteiger partial charge in [-0.15, -0.1) is 26.3 Å². The molecule has 0 saturated heterocycles. The van der Waals surface area contributed by atoms with Crippen molar-refractivity contribution in [2.45, 2.75) is 6.92 Å². The Kier molecular flexibility index (Phi) is 4.12. The van der Waals surface area contributed by atoms with Crippen molar-refractivity contribution in [1.29, 1.82) is 0 Å². The smallest absolute Gasteiger partial charge is 0.144 e. The Bertz CT molecular complexity index is 232. The molecule has 1 heteroatoms. The number of ketones is 1. The molecule has 13 heavy (non-hydrogen) atoms. The predicted molar refractivity (Wildman–Crippen MR) is 57.4 cm³/mol. The minimum atomic E-state index is -0.747. The van der Waals surface area contributed by atoms with Crippen molar-refractivity contribution in [3.8, 4) is 0 Å². The molecular formula is C12H16O. The molecule has 0 unspecified atom stereocenters. The van der Waals surface area contributed by atoms with Gasteiger partial charge in [0.1, 0.15) is 5.78 Å². The summed E-state index contributed by atoms with van der Waals surface area (Å²) in [5.41, 5.74) is -0.747. The lowest BCUT2D eigenvalue weighted by molar-refractivity contribution is -0.123. The Morgan fingerprint density at radius 2 is 1.54 bits per heavy atom. The summed E-state index contributed by atoms with van der Waals surface area (Å²) in [6.45, 7) is 16.1. The molecule has 0 atom stereocenters. The van der Waals surface area contributed by atoms with Crippen molar-refractivity contribution < 1.29 is 4.79 Å². The zero-order valence-electron chi connectivity index (χ0n) is 8.12. The van der Waals surface area contributed by atoms with Gasteiger partial charge in [-0.3, -0.25) is 4.79 Å². The van der Waals surface area contributed by atoms with Gasteiger partial charge in [-0.1, -0.05) is 24.3 Å². The first-order valence-corrected chi connectivity index (χ1v) is 4.12. The fourth-order valence-electron chi connectivity index (χ4n) is 1.36. The molecule has 0 aliphatic heterocycles. The number of Topliss-reactive ketones (excluding diaryl/α,β-unsaturated/α-hetero) is 1. The summed E-state index contributed by atoms with van der Waals surface area (Å²) in [6.07, 6.45) is 6.54. The van der Waals surface area contributed by atoms with Crippen LogP contribution in [0.5, 0.6) is 0 Å². The largest absolute Gasteiger partial charge is 0.299 e. The topological polar surface area (TPSA) is 17.1 Å². The van der Waals surface area contributed by atoms with Gasteiger partial charge in [0.2, 0.25) is 0 Å². The van der Waals surface area contributed by atoms with E-state index in [-0.39, 0.29) is 11.7 Å². The average molecular weight is 176 g/mol. The third-order valence-corrected chi connectivity index (χ3v) is 2.34. The molecule has 0 N–H and O–H groups in total. The van der Waals surface area contributed by atoms with E-state index in [1.165, 1.54) is 6.92 Å². The molecule has 0 saturated carbocycles. The van der Waals surface area contributed by atoms with E-state index in [9.17, 15) is 4.79 Å². The maximum atomic E-state index is 11.4. The molecule has 0 aromatic carbocycles. The van der Waals surface area contributed by atoms with Gasteiger partial charge in [0.25, 0.3) is 0 Å². The van der Waals surface area contributed by atoms with Crippen LogP contribution in [0.25, 0.3) is 0 Å². The Labute approximate surface area is 80.2 Å². The quantitative estimate of drug-likeness (QED) is 0.569. The van der Waals surface area contributed by atoms with Gasteiger partial charge in [-0.05, 0) is 6.92 Å². The molecule has 0 aliphatic carbocycles. The maximum Gasteiger partial charge on any atom is 0.144 e. The van der Waals surface area contributed by atoms with Crippen LogP contribution in [-0.2, 0) is 4.79 Å². The molecule has 0 bridgehead atoms. The highest BCUT2D eigenvalue weighted by molar-refractivity contribution is 5.87. The Morgan fingerprint density at radius 1 is 1.15 bits per heavy atom. The van der Waals surface area contributed by atoms with Gasteiger partial charge in [0.05, 0.1) is 5.41 Å². The van der Waals surface area contributed by atoms with Gasteiger partial charge in [0, 0.05) is 5.92 Å². The van der Waals surface area contributed by atoms with Gasteiger partial charge in [0.15, 0.2) is 0 Å². The zero-order chi connectivity index (χ0) is 10.5. The van der Waals surface area contributed by atoms with Crippen LogP contribution >= 0.6 is 0 Å². The minimum absolute atomic E-state index is 0.00213. The van der Waals surface area contributed by atoms with Crippen LogP contribution in [0.2, 0.25) is 0 Å². The summed E-state index contributed by atoms with van der Waals surface area (Å²) in [7, 11) is 0. The average Bonchev–Trinajstić information content (AvgIpc) is 2.13. The lowest BCUT2D eigenvalue weighted by Gasteiger charge is -2.28. The van der Waals surface area contributed by atoms with Crippen molar-refractivity contribution >= 4 is 5.78 Å². The zero-order valence-corrected chi connectivity index (χ0v) is 8.12. The normalized spacial score (nSPS) is 10.6. The fourth-order valence-corrected chi connectivity index (χ4v) is 1.36. The van der Waals surface area contributed by atoms with E-state index in [2.05, 4.69) is 26.3 Å². The van der Waals surface area contributed by atoms with E-state index in [1.807, 2.05) is 0 Å². The molecule has 0 radical (unpaired) electrons.